The molecule has 2 aliphatic rings. The molecule has 106 valence electrons. The fraction of sp³-hybridized carbons (Fsp3) is 0.400. The van der Waals surface area contributed by atoms with Gasteiger partial charge in [0.15, 0.2) is 5.69 Å². The molecule has 3 unspecified atom stereocenters. The van der Waals surface area contributed by atoms with Gasteiger partial charge < -0.3 is 14.6 Å². The fourth-order valence-corrected chi connectivity index (χ4v) is 3.38. The Morgan fingerprint density at radius 2 is 2.38 bits per heavy atom. The van der Waals surface area contributed by atoms with Crippen LogP contribution in [-0.2, 0) is 0 Å². The van der Waals surface area contributed by atoms with Gasteiger partial charge in [-0.25, -0.2) is 4.98 Å². The number of hydrogen-bond donors (Lipinski definition) is 1. The molecule has 21 heavy (non-hydrogen) atoms. The molecule has 3 atom stereocenters. The van der Waals surface area contributed by atoms with Crippen LogP contribution in [0.2, 0.25) is 0 Å². The molecule has 0 aromatic carbocycles. The van der Waals surface area contributed by atoms with Gasteiger partial charge in [0.1, 0.15) is 11.7 Å². The molecule has 1 amide bonds. The third kappa shape index (κ3) is 2.06. The fourth-order valence-electron chi connectivity index (χ4n) is 3.38. The summed E-state index contributed by atoms with van der Waals surface area (Å²) in [4.78, 5) is 18.9. The van der Waals surface area contributed by atoms with Gasteiger partial charge in [-0.15, -0.1) is 0 Å². The maximum Gasteiger partial charge on any atom is 0.251 e. The van der Waals surface area contributed by atoms with Crippen molar-refractivity contribution in [2.45, 2.75) is 12.5 Å². The van der Waals surface area contributed by atoms with Crippen molar-refractivity contribution in [1.82, 2.24) is 19.6 Å². The Hall–Kier alpha value is -2.39. The highest BCUT2D eigenvalue weighted by Crippen LogP contribution is 2.27. The smallest absolute Gasteiger partial charge is 0.251 e. The molecule has 1 N–H and O–H groups in total. The summed E-state index contributed by atoms with van der Waals surface area (Å²) < 4.78 is 1.75. The molecule has 0 saturated carbocycles. The van der Waals surface area contributed by atoms with E-state index in [4.69, 9.17) is 5.26 Å². The molecule has 0 aliphatic carbocycles. The minimum atomic E-state index is -0.0576. The SMILES string of the molecule is N#Cc1cn2ccc(C(=O)NC3CN4CCC3C4)cc2n1. The van der Waals surface area contributed by atoms with E-state index in [9.17, 15) is 4.79 Å². The van der Waals surface area contributed by atoms with E-state index in [0.29, 0.717) is 22.8 Å². The lowest BCUT2D eigenvalue weighted by Crippen LogP contribution is -2.43. The van der Waals surface area contributed by atoms with Crippen LogP contribution in [0.15, 0.2) is 24.5 Å². The van der Waals surface area contributed by atoms with Crippen molar-refractivity contribution < 1.29 is 4.79 Å². The number of pyridine rings is 1. The van der Waals surface area contributed by atoms with Gasteiger partial charge in [0.25, 0.3) is 5.91 Å². The van der Waals surface area contributed by atoms with Crippen LogP contribution in [0.25, 0.3) is 5.65 Å². The highest BCUT2D eigenvalue weighted by molar-refractivity contribution is 5.95. The molecule has 6 heteroatoms. The number of nitrogens with zero attached hydrogens (tertiary/aromatic N) is 4. The van der Waals surface area contributed by atoms with Gasteiger partial charge in [0.05, 0.1) is 0 Å². The van der Waals surface area contributed by atoms with Crippen LogP contribution in [-0.4, -0.2) is 45.9 Å². The Kier molecular flexibility index (Phi) is 2.69. The average Bonchev–Trinajstić information content (AvgIpc) is 3.20. The first-order chi connectivity index (χ1) is 10.2. The van der Waals surface area contributed by atoms with Crippen LogP contribution in [0.5, 0.6) is 0 Å². The van der Waals surface area contributed by atoms with Gasteiger partial charge >= 0.3 is 0 Å². The number of nitriles is 1. The number of amides is 1. The predicted molar refractivity (Wildman–Crippen MR) is 75.7 cm³/mol. The Morgan fingerprint density at radius 1 is 1.48 bits per heavy atom. The van der Waals surface area contributed by atoms with Gasteiger partial charge in [-0.3, -0.25) is 4.79 Å². The van der Waals surface area contributed by atoms with E-state index in [-0.39, 0.29) is 11.9 Å². The average molecular weight is 281 g/mol. The molecule has 2 aromatic rings. The van der Waals surface area contributed by atoms with Crippen LogP contribution in [0.3, 0.4) is 0 Å². The van der Waals surface area contributed by atoms with Crippen molar-refractivity contribution in [3.63, 3.8) is 0 Å². The number of rotatable bonds is 2. The van der Waals surface area contributed by atoms with E-state index in [1.807, 2.05) is 6.07 Å². The zero-order valence-corrected chi connectivity index (χ0v) is 11.5. The normalized spacial score (nSPS) is 26.9. The number of carbonyl (C=O) groups excluding carboxylic acids is 1. The van der Waals surface area contributed by atoms with Crippen molar-refractivity contribution >= 4 is 11.6 Å². The minimum absolute atomic E-state index is 0.0576. The Labute approximate surface area is 122 Å². The first kappa shape index (κ1) is 12.4. The molecule has 2 aliphatic heterocycles. The van der Waals surface area contributed by atoms with Crippen LogP contribution in [0.1, 0.15) is 22.5 Å². The Balaban J connectivity index is 1.55. The molecule has 4 heterocycles. The zero-order chi connectivity index (χ0) is 14.4. The first-order valence-corrected chi connectivity index (χ1v) is 7.15. The van der Waals surface area contributed by atoms with Crippen LogP contribution in [0.4, 0.5) is 0 Å². The van der Waals surface area contributed by atoms with E-state index >= 15 is 0 Å². The molecule has 2 bridgehead atoms. The third-order valence-corrected chi connectivity index (χ3v) is 4.49. The molecular weight excluding hydrogens is 266 g/mol. The molecule has 0 spiro atoms. The molecule has 2 aromatic heterocycles. The summed E-state index contributed by atoms with van der Waals surface area (Å²) in [6, 6.07) is 5.75. The molecule has 0 radical (unpaired) electrons. The van der Waals surface area contributed by atoms with Crippen LogP contribution >= 0.6 is 0 Å². The van der Waals surface area contributed by atoms with Crippen molar-refractivity contribution in [3.8, 4) is 6.07 Å². The van der Waals surface area contributed by atoms with Gasteiger partial charge in [-0.2, -0.15) is 5.26 Å². The monoisotopic (exact) mass is 281 g/mol. The number of fused-ring (bicyclic) bond motifs is 3. The summed E-state index contributed by atoms with van der Waals surface area (Å²) in [7, 11) is 0. The van der Waals surface area contributed by atoms with Crippen molar-refractivity contribution in [2.24, 2.45) is 5.92 Å². The lowest BCUT2D eigenvalue weighted by molar-refractivity contribution is 0.0924. The molecule has 6 nitrogen and oxygen atoms in total. The van der Waals surface area contributed by atoms with Gasteiger partial charge in [0.2, 0.25) is 0 Å². The standard InChI is InChI=1S/C15H15N5O/c16-6-12-8-20-4-2-10(5-14(20)17-12)15(21)18-13-9-19-3-1-11(13)7-19/h2,4-5,8,11,13H,1,3,7,9H2,(H,18,21). The zero-order valence-electron chi connectivity index (χ0n) is 11.5. The summed E-state index contributed by atoms with van der Waals surface area (Å²) >= 11 is 0. The van der Waals surface area contributed by atoms with E-state index in [1.54, 1.807) is 28.9 Å². The lowest BCUT2D eigenvalue weighted by atomic mass is 10.00. The van der Waals surface area contributed by atoms with E-state index in [1.165, 1.54) is 6.42 Å². The molecule has 2 fully saturated rings. The predicted octanol–water partition coefficient (Wildman–Crippen LogP) is 0.640. The van der Waals surface area contributed by atoms with Crippen molar-refractivity contribution in [1.29, 1.82) is 5.26 Å². The highest BCUT2D eigenvalue weighted by atomic mass is 16.1. The minimum Gasteiger partial charge on any atom is -0.348 e. The Bertz CT molecular complexity index is 759. The number of nitrogens with one attached hydrogen (secondary N) is 1. The quantitative estimate of drug-likeness (QED) is 0.876. The van der Waals surface area contributed by atoms with Gasteiger partial charge in [0, 0.05) is 37.1 Å². The van der Waals surface area contributed by atoms with Gasteiger partial charge in [-0.05, 0) is 31.0 Å². The largest absolute Gasteiger partial charge is 0.348 e. The lowest BCUT2D eigenvalue weighted by Gasteiger charge is -2.23. The molecule has 2 saturated heterocycles. The first-order valence-electron chi connectivity index (χ1n) is 7.15. The number of hydrogen-bond acceptors (Lipinski definition) is 4. The molecular formula is C15H15N5O. The Morgan fingerprint density at radius 3 is 3.10 bits per heavy atom. The van der Waals surface area contributed by atoms with E-state index < -0.39 is 0 Å². The maximum absolute atomic E-state index is 12.4. The summed E-state index contributed by atoms with van der Waals surface area (Å²) in [6.07, 6.45) is 4.60. The maximum atomic E-state index is 12.4. The van der Waals surface area contributed by atoms with Crippen molar-refractivity contribution in [3.05, 3.63) is 35.8 Å². The van der Waals surface area contributed by atoms with Gasteiger partial charge in [-0.1, -0.05) is 0 Å². The second-order valence-corrected chi connectivity index (χ2v) is 5.81. The third-order valence-electron chi connectivity index (χ3n) is 4.49. The second kappa shape index (κ2) is 4.57. The highest BCUT2D eigenvalue weighted by Gasteiger charge is 2.38. The summed E-state index contributed by atoms with van der Waals surface area (Å²) in [6.45, 7) is 3.23. The van der Waals surface area contributed by atoms with Crippen LogP contribution in [0, 0.1) is 17.2 Å². The van der Waals surface area contributed by atoms with E-state index in [0.717, 1.165) is 19.6 Å². The van der Waals surface area contributed by atoms with Crippen molar-refractivity contribution in [2.75, 3.05) is 19.6 Å². The van der Waals surface area contributed by atoms with Crippen LogP contribution < -0.4 is 5.32 Å². The summed E-state index contributed by atoms with van der Waals surface area (Å²) in [5.74, 6) is 0.534. The topological polar surface area (TPSA) is 73.4 Å². The van der Waals surface area contributed by atoms with E-state index in [2.05, 4.69) is 15.2 Å². The number of carbonyl (C=O) groups is 1. The summed E-state index contributed by atoms with van der Waals surface area (Å²) in [5, 5.41) is 12.0. The summed E-state index contributed by atoms with van der Waals surface area (Å²) in [5.41, 5.74) is 1.57. The number of piperidine rings is 1. The number of aromatic nitrogens is 2. The number of imidazole rings is 1. The molecule has 4 rings (SSSR count). The second-order valence-electron chi connectivity index (χ2n) is 5.81.